The highest BCUT2D eigenvalue weighted by atomic mass is 32.2. The maximum atomic E-state index is 11.3. The SMILES string of the molecule is CC(C)C(CNC(=O)NCCS(C)(=O)=O)C(=O)O. The molecule has 1 unspecified atom stereocenters. The van der Waals surface area contributed by atoms with Crippen molar-refractivity contribution in [3.8, 4) is 0 Å². The van der Waals surface area contributed by atoms with Crippen LogP contribution in [0.1, 0.15) is 13.8 Å². The molecule has 0 heterocycles. The van der Waals surface area contributed by atoms with Crippen molar-refractivity contribution in [2.24, 2.45) is 11.8 Å². The van der Waals surface area contributed by atoms with E-state index in [0.29, 0.717) is 0 Å². The first kappa shape index (κ1) is 16.7. The Labute approximate surface area is 107 Å². The zero-order valence-corrected chi connectivity index (χ0v) is 11.6. The van der Waals surface area contributed by atoms with Gasteiger partial charge in [0.25, 0.3) is 0 Å². The molecule has 0 aromatic rings. The van der Waals surface area contributed by atoms with E-state index in [9.17, 15) is 18.0 Å². The lowest BCUT2D eigenvalue weighted by Crippen LogP contribution is -2.42. The fourth-order valence-electron chi connectivity index (χ4n) is 1.22. The Balaban J connectivity index is 3.99. The number of rotatable bonds is 7. The van der Waals surface area contributed by atoms with Crippen LogP contribution in [-0.4, -0.2) is 50.6 Å². The van der Waals surface area contributed by atoms with Crippen molar-refractivity contribution in [1.29, 1.82) is 0 Å². The van der Waals surface area contributed by atoms with Crippen LogP contribution in [0.5, 0.6) is 0 Å². The van der Waals surface area contributed by atoms with E-state index in [-0.39, 0.29) is 24.8 Å². The third-order valence-corrected chi connectivity index (χ3v) is 3.31. The van der Waals surface area contributed by atoms with Crippen molar-refractivity contribution in [3.05, 3.63) is 0 Å². The summed E-state index contributed by atoms with van der Waals surface area (Å²) in [6, 6.07) is -0.564. The van der Waals surface area contributed by atoms with Gasteiger partial charge in [0.1, 0.15) is 9.84 Å². The number of hydrogen-bond donors (Lipinski definition) is 3. The first-order chi connectivity index (χ1) is 8.13. The lowest BCUT2D eigenvalue weighted by molar-refractivity contribution is -0.142. The molecule has 0 aromatic heterocycles. The molecule has 0 bridgehead atoms. The number of carbonyl (C=O) groups excluding carboxylic acids is 1. The summed E-state index contributed by atoms with van der Waals surface area (Å²) in [7, 11) is -3.11. The van der Waals surface area contributed by atoms with Crippen molar-refractivity contribution >= 4 is 21.8 Å². The lowest BCUT2D eigenvalue weighted by atomic mass is 9.96. The van der Waals surface area contributed by atoms with Crippen LogP contribution in [0.4, 0.5) is 4.79 Å². The predicted octanol–water partition coefficient (Wildman–Crippen LogP) is -0.313. The molecule has 0 aliphatic heterocycles. The van der Waals surface area contributed by atoms with Gasteiger partial charge in [-0.05, 0) is 5.92 Å². The Morgan fingerprint density at radius 1 is 1.22 bits per heavy atom. The Morgan fingerprint density at radius 3 is 2.17 bits per heavy atom. The van der Waals surface area contributed by atoms with Gasteiger partial charge in [0.05, 0.1) is 11.7 Å². The number of carbonyl (C=O) groups is 2. The zero-order chi connectivity index (χ0) is 14.3. The number of aliphatic carboxylic acids is 1. The Morgan fingerprint density at radius 2 is 1.78 bits per heavy atom. The molecule has 0 aliphatic rings. The Hall–Kier alpha value is -1.31. The first-order valence-corrected chi connectivity index (χ1v) is 7.61. The van der Waals surface area contributed by atoms with Crippen LogP contribution in [-0.2, 0) is 14.6 Å². The maximum Gasteiger partial charge on any atom is 0.314 e. The monoisotopic (exact) mass is 280 g/mol. The average molecular weight is 280 g/mol. The number of amides is 2. The van der Waals surface area contributed by atoms with Gasteiger partial charge in [0.15, 0.2) is 0 Å². The largest absolute Gasteiger partial charge is 0.481 e. The normalized spacial score (nSPS) is 13.1. The Bertz CT molecular complexity index is 391. The van der Waals surface area contributed by atoms with Crippen molar-refractivity contribution < 1.29 is 23.1 Å². The summed E-state index contributed by atoms with van der Waals surface area (Å²) < 4.78 is 21.6. The van der Waals surface area contributed by atoms with E-state index in [4.69, 9.17) is 5.11 Å². The molecule has 8 heteroatoms. The van der Waals surface area contributed by atoms with Gasteiger partial charge in [0.2, 0.25) is 0 Å². The topological polar surface area (TPSA) is 113 Å². The van der Waals surface area contributed by atoms with Gasteiger partial charge in [-0.3, -0.25) is 4.79 Å². The fraction of sp³-hybridized carbons (Fsp3) is 0.800. The van der Waals surface area contributed by atoms with Crippen molar-refractivity contribution in [1.82, 2.24) is 10.6 Å². The quantitative estimate of drug-likeness (QED) is 0.592. The van der Waals surface area contributed by atoms with Gasteiger partial charge >= 0.3 is 12.0 Å². The van der Waals surface area contributed by atoms with E-state index in [1.165, 1.54) is 0 Å². The summed E-state index contributed by atoms with van der Waals surface area (Å²) in [6.45, 7) is 3.52. The highest BCUT2D eigenvalue weighted by molar-refractivity contribution is 7.90. The smallest absolute Gasteiger partial charge is 0.314 e. The molecule has 0 fully saturated rings. The average Bonchev–Trinajstić information content (AvgIpc) is 2.14. The van der Waals surface area contributed by atoms with E-state index < -0.39 is 27.8 Å². The molecule has 106 valence electrons. The van der Waals surface area contributed by atoms with Crippen LogP contribution in [0.2, 0.25) is 0 Å². The molecular weight excluding hydrogens is 260 g/mol. The van der Waals surface area contributed by atoms with Crippen LogP contribution in [0, 0.1) is 11.8 Å². The molecule has 0 spiro atoms. The second-order valence-corrected chi connectivity index (χ2v) is 6.72. The molecule has 0 saturated carbocycles. The number of nitrogens with one attached hydrogen (secondary N) is 2. The molecular formula is C10H20N2O5S. The fourth-order valence-corrected chi connectivity index (χ4v) is 1.70. The maximum absolute atomic E-state index is 11.3. The minimum absolute atomic E-state index is 0.00405. The summed E-state index contributed by atoms with van der Waals surface area (Å²) in [4.78, 5) is 22.1. The number of carboxylic acid groups (broad SMARTS) is 1. The molecule has 18 heavy (non-hydrogen) atoms. The van der Waals surface area contributed by atoms with Crippen LogP contribution in [0.25, 0.3) is 0 Å². The molecule has 0 saturated heterocycles. The number of carboxylic acids is 1. The van der Waals surface area contributed by atoms with Gasteiger partial charge in [-0.25, -0.2) is 13.2 Å². The molecule has 0 aliphatic carbocycles. The number of sulfone groups is 1. The van der Waals surface area contributed by atoms with E-state index in [2.05, 4.69) is 10.6 Å². The molecule has 0 rings (SSSR count). The van der Waals surface area contributed by atoms with Crippen LogP contribution >= 0.6 is 0 Å². The highest BCUT2D eigenvalue weighted by Gasteiger charge is 2.21. The van der Waals surface area contributed by atoms with Gasteiger partial charge < -0.3 is 15.7 Å². The van der Waals surface area contributed by atoms with Gasteiger partial charge in [-0.1, -0.05) is 13.8 Å². The summed E-state index contributed by atoms with van der Waals surface area (Å²) in [6.07, 6.45) is 1.08. The second kappa shape index (κ2) is 7.20. The van der Waals surface area contributed by atoms with E-state index in [1.54, 1.807) is 13.8 Å². The molecule has 2 amide bonds. The minimum atomic E-state index is -3.11. The van der Waals surface area contributed by atoms with Crippen molar-refractivity contribution in [2.45, 2.75) is 13.8 Å². The number of urea groups is 1. The molecule has 7 nitrogen and oxygen atoms in total. The van der Waals surface area contributed by atoms with Crippen molar-refractivity contribution in [2.75, 3.05) is 25.1 Å². The summed E-state index contributed by atoms with van der Waals surface area (Å²) in [5, 5.41) is 13.6. The second-order valence-electron chi connectivity index (χ2n) is 4.46. The van der Waals surface area contributed by atoms with Crippen LogP contribution < -0.4 is 10.6 Å². The summed E-state index contributed by atoms with van der Waals surface area (Å²) >= 11 is 0. The lowest BCUT2D eigenvalue weighted by Gasteiger charge is -2.16. The molecule has 1 atom stereocenters. The molecule has 0 aromatic carbocycles. The zero-order valence-electron chi connectivity index (χ0n) is 10.8. The van der Waals surface area contributed by atoms with Gasteiger partial charge in [0, 0.05) is 19.3 Å². The molecule has 0 radical (unpaired) electrons. The highest BCUT2D eigenvalue weighted by Crippen LogP contribution is 2.09. The summed E-state index contributed by atoms with van der Waals surface area (Å²) in [5.41, 5.74) is 0. The van der Waals surface area contributed by atoms with E-state index >= 15 is 0 Å². The van der Waals surface area contributed by atoms with Gasteiger partial charge in [-0.15, -0.1) is 0 Å². The minimum Gasteiger partial charge on any atom is -0.481 e. The van der Waals surface area contributed by atoms with E-state index in [0.717, 1.165) is 6.26 Å². The third kappa shape index (κ3) is 7.88. The predicted molar refractivity (Wildman–Crippen MR) is 67.1 cm³/mol. The number of hydrogen-bond acceptors (Lipinski definition) is 4. The standard InChI is InChI=1S/C10H20N2O5S/c1-7(2)8(9(13)14)6-12-10(15)11-4-5-18(3,16)17/h7-8H,4-6H2,1-3H3,(H,13,14)(H2,11,12,15). The summed E-state index contributed by atoms with van der Waals surface area (Å²) in [5.74, 6) is -1.88. The Kier molecular flexibility index (Phi) is 6.67. The van der Waals surface area contributed by atoms with E-state index in [1.807, 2.05) is 0 Å². The van der Waals surface area contributed by atoms with Gasteiger partial charge in [-0.2, -0.15) is 0 Å². The van der Waals surface area contributed by atoms with Crippen LogP contribution in [0.15, 0.2) is 0 Å². The van der Waals surface area contributed by atoms with Crippen LogP contribution in [0.3, 0.4) is 0 Å². The third-order valence-electron chi connectivity index (χ3n) is 2.36. The first-order valence-electron chi connectivity index (χ1n) is 5.55. The van der Waals surface area contributed by atoms with Crippen molar-refractivity contribution in [3.63, 3.8) is 0 Å². The molecule has 3 N–H and O–H groups in total.